The minimum absolute atomic E-state index is 0.547. The smallest absolute Gasteiger partial charge is 0.167 e. The molecule has 0 spiro atoms. The fraction of sp³-hybridized carbons (Fsp3) is 0. The first kappa shape index (κ1) is 27.7. The Labute approximate surface area is 296 Å². The van der Waals surface area contributed by atoms with Gasteiger partial charge in [-0.05, 0) is 56.6 Å². The van der Waals surface area contributed by atoms with Crippen LogP contribution in [0.1, 0.15) is 0 Å². The van der Waals surface area contributed by atoms with Crippen LogP contribution in [-0.4, -0.2) is 15.0 Å². The molecule has 11 aromatic rings. The molecule has 0 N–H and O–H groups in total. The molecule has 12 rings (SSSR count). The molecule has 9 aromatic carbocycles. The van der Waals surface area contributed by atoms with Crippen LogP contribution >= 0.6 is 0 Å². The molecular formula is C47H25N3O2. The lowest BCUT2D eigenvalue weighted by Gasteiger charge is -2.22. The number of rotatable bonds is 3. The minimum atomic E-state index is 0.547. The molecule has 5 heteroatoms. The highest BCUT2D eigenvalue weighted by Gasteiger charge is 2.25. The molecule has 0 saturated heterocycles. The molecule has 3 heterocycles. The molecule has 240 valence electrons. The maximum absolute atomic E-state index is 6.84. The zero-order valence-electron chi connectivity index (χ0n) is 27.6. The predicted molar refractivity (Wildman–Crippen MR) is 211 cm³/mol. The van der Waals surface area contributed by atoms with Crippen molar-refractivity contribution in [1.82, 2.24) is 15.0 Å². The van der Waals surface area contributed by atoms with E-state index in [-0.39, 0.29) is 0 Å². The van der Waals surface area contributed by atoms with E-state index in [1.54, 1.807) is 0 Å². The highest BCUT2D eigenvalue weighted by molar-refractivity contribution is 6.27. The third-order valence-electron chi connectivity index (χ3n) is 10.7. The molecule has 2 aromatic heterocycles. The van der Waals surface area contributed by atoms with Crippen LogP contribution in [0.15, 0.2) is 156 Å². The van der Waals surface area contributed by atoms with Crippen molar-refractivity contribution in [2.45, 2.75) is 0 Å². The van der Waals surface area contributed by atoms with Gasteiger partial charge in [-0.15, -0.1) is 0 Å². The fourth-order valence-electron chi connectivity index (χ4n) is 8.31. The first-order valence-corrected chi connectivity index (χ1v) is 17.4. The first-order valence-electron chi connectivity index (χ1n) is 17.4. The van der Waals surface area contributed by atoms with Crippen LogP contribution in [-0.2, 0) is 0 Å². The van der Waals surface area contributed by atoms with Crippen molar-refractivity contribution in [2.24, 2.45) is 0 Å². The quantitative estimate of drug-likeness (QED) is 0.176. The number of nitrogens with zero attached hydrogens (tertiary/aromatic N) is 3. The summed E-state index contributed by atoms with van der Waals surface area (Å²) in [5.74, 6) is 3.30. The highest BCUT2D eigenvalue weighted by atomic mass is 16.5. The molecule has 0 radical (unpaired) electrons. The van der Waals surface area contributed by atoms with Crippen LogP contribution in [0.5, 0.6) is 11.5 Å². The van der Waals surface area contributed by atoms with Gasteiger partial charge < -0.3 is 9.15 Å². The lowest BCUT2D eigenvalue weighted by atomic mass is 9.92. The zero-order chi connectivity index (χ0) is 33.9. The molecular weight excluding hydrogens is 639 g/mol. The fourth-order valence-corrected chi connectivity index (χ4v) is 8.31. The van der Waals surface area contributed by atoms with Crippen LogP contribution < -0.4 is 4.74 Å². The topological polar surface area (TPSA) is 61.0 Å². The van der Waals surface area contributed by atoms with Gasteiger partial charge in [-0.25, -0.2) is 15.0 Å². The van der Waals surface area contributed by atoms with Crippen molar-refractivity contribution < 1.29 is 9.15 Å². The van der Waals surface area contributed by atoms with Gasteiger partial charge in [-0.2, -0.15) is 0 Å². The third-order valence-corrected chi connectivity index (χ3v) is 10.7. The van der Waals surface area contributed by atoms with Crippen molar-refractivity contribution in [1.29, 1.82) is 0 Å². The Morgan fingerprint density at radius 3 is 1.87 bits per heavy atom. The molecule has 0 atom stereocenters. The average Bonchev–Trinajstić information content (AvgIpc) is 3.60. The second kappa shape index (κ2) is 10.2. The monoisotopic (exact) mass is 663 g/mol. The van der Waals surface area contributed by atoms with Crippen molar-refractivity contribution in [3.8, 4) is 45.7 Å². The second-order valence-corrected chi connectivity index (χ2v) is 13.5. The van der Waals surface area contributed by atoms with Gasteiger partial charge in [0.15, 0.2) is 17.5 Å². The molecule has 0 unspecified atom stereocenters. The van der Waals surface area contributed by atoms with Gasteiger partial charge in [-0.3, -0.25) is 0 Å². The molecule has 1 aliphatic heterocycles. The van der Waals surface area contributed by atoms with Gasteiger partial charge in [0.25, 0.3) is 0 Å². The summed E-state index contributed by atoms with van der Waals surface area (Å²) in [6.07, 6.45) is 0. The van der Waals surface area contributed by atoms with E-state index < -0.39 is 0 Å². The SMILES string of the molecule is c1ccc(-c2nc(-c3ccc4ccc5ccc6cccc7c6c5c4c3O7)nc(-c3cccc4oc5c(ccc6ccc7ccccc7c65)c34)n2)cc1. The number of hydrogen-bond donors (Lipinski definition) is 0. The second-order valence-electron chi connectivity index (χ2n) is 13.5. The van der Waals surface area contributed by atoms with Crippen molar-refractivity contribution in [2.75, 3.05) is 0 Å². The van der Waals surface area contributed by atoms with Crippen LogP contribution in [0, 0.1) is 0 Å². The predicted octanol–water partition coefficient (Wildman–Crippen LogP) is 12.6. The van der Waals surface area contributed by atoms with Gasteiger partial charge in [-0.1, -0.05) is 127 Å². The van der Waals surface area contributed by atoms with Crippen LogP contribution in [0.2, 0.25) is 0 Å². The van der Waals surface area contributed by atoms with E-state index in [4.69, 9.17) is 24.1 Å². The van der Waals surface area contributed by atoms with E-state index in [9.17, 15) is 0 Å². The highest BCUT2D eigenvalue weighted by Crippen LogP contribution is 2.50. The summed E-state index contributed by atoms with van der Waals surface area (Å²) in [4.78, 5) is 15.6. The number of benzene rings is 9. The lowest BCUT2D eigenvalue weighted by molar-refractivity contribution is 0.494. The minimum Gasteiger partial charge on any atom is -0.455 e. The Kier molecular flexibility index (Phi) is 5.44. The van der Waals surface area contributed by atoms with E-state index >= 15 is 0 Å². The molecule has 0 amide bonds. The van der Waals surface area contributed by atoms with E-state index in [0.29, 0.717) is 17.5 Å². The van der Waals surface area contributed by atoms with Gasteiger partial charge in [0.05, 0.1) is 5.56 Å². The van der Waals surface area contributed by atoms with Gasteiger partial charge in [0.2, 0.25) is 0 Å². The summed E-state index contributed by atoms with van der Waals surface area (Å²) < 4.78 is 13.6. The number of fused-ring (bicyclic) bond motifs is 7. The standard InChI is InChI=1S/C47H25N3O2/c1-2-9-31(10-3-1)45-48-46(34-13-7-15-37-42(34)33-24-22-28-17-16-26-8-4-5-12-32(26)38(28)43(33)52-37)50-47(49-45)35-25-23-30-21-20-29-19-18-27-11-6-14-36-39(27)40(29)41(30)44(35)51-36/h1-25H. The van der Waals surface area contributed by atoms with Crippen molar-refractivity contribution in [3.63, 3.8) is 0 Å². The molecule has 52 heavy (non-hydrogen) atoms. The first-order chi connectivity index (χ1) is 25.8. The Morgan fingerprint density at radius 1 is 0.365 bits per heavy atom. The third kappa shape index (κ3) is 3.79. The summed E-state index contributed by atoms with van der Waals surface area (Å²) in [6, 6.07) is 52.6. The van der Waals surface area contributed by atoms with Gasteiger partial charge in [0, 0.05) is 43.4 Å². The Hall–Kier alpha value is -7.11. The largest absolute Gasteiger partial charge is 0.455 e. The summed E-state index contributed by atoms with van der Waals surface area (Å²) >= 11 is 0. The average molecular weight is 664 g/mol. The maximum Gasteiger partial charge on any atom is 0.167 e. The van der Waals surface area contributed by atoms with Crippen LogP contribution in [0.25, 0.3) is 110 Å². The molecule has 0 aliphatic carbocycles. The normalized spacial score (nSPS) is 12.4. The van der Waals surface area contributed by atoms with Crippen molar-refractivity contribution >= 4 is 75.8 Å². The summed E-state index contributed by atoms with van der Waals surface area (Å²) in [6.45, 7) is 0. The Balaban J connectivity index is 1.16. The van der Waals surface area contributed by atoms with E-state index in [1.807, 2.05) is 54.6 Å². The number of aromatic nitrogens is 3. The van der Waals surface area contributed by atoms with Gasteiger partial charge in [0.1, 0.15) is 22.7 Å². The van der Waals surface area contributed by atoms with E-state index in [0.717, 1.165) is 87.8 Å². The van der Waals surface area contributed by atoms with E-state index in [1.165, 1.54) is 16.2 Å². The van der Waals surface area contributed by atoms with Crippen LogP contribution in [0.4, 0.5) is 0 Å². The van der Waals surface area contributed by atoms with Crippen molar-refractivity contribution in [3.05, 3.63) is 152 Å². The summed E-state index contributed by atoms with van der Waals surface area (Å²) in [7, 11) is 0. The summed E-state index contributed by atoms with van der Waals surface area (Å²) in [5, 5.41) is 13.4. The molecule has 0 fully saturated rings. The molecule has 0 bridgehead atoms. The van der Waals surface area contributed by atoms with E-state index in [2.05, 4.69) is 97.1 Å². The lowest BCUT2D eigenvalue weighted by Crippen LogP contribution is -2.03. The van der Waals surface area contributed by atoms with Crippen LogP contribution in [0.3, 0.4) is 0 Å². The Bertz CT molecular complexity index is 3320. The summed E-state index contributed by atoms with van der Waals surface area (Å²) in [5.41, 5.74) is 4.24. The maximum atomic E-state index is 6.84. The number of ether oxygens (including phenoxy) is 1. The zero-order valence-corrected chi connectivity index (χ0v) is 27.6. The molecule has 0 saturated carbocycles. The Morgan fingerprint density at radius 2 is 1.00 bits per heavy atom. The number of hydrogen-bond acceptors (Lipinski definition) is 5. The number of furan rings is 1. The molecule has 5 nitrogen and oxygen atoms in total. The van der Waals surface area contributed by atoms with Gasteiger partial charge >= 0.3 is 0 Å². The molecule has 1 aliphatic rings.